The maximum absolute atomic E-state index is 13.6. The van der Waals surface area contributed by atoms with Gasteiger partial charge in [-0.3, -0.25) is 0 Å². The van der Waals surface area contributed by atoms with Gasteiger partial charge in [-0.15, -0.1) is 0 Å². The molecule has 1 heterocycles. The molecular formula is C11H13FN4OS. The van der Waals surface area contributed by atoms with Crippen LogP contribution in [0.15, 0.2) is 18.2 Å². The first-order valence-electron chi connectivity index (χ1n) is 5.59. The van der Waals surface area contributed by atoms with Crippen LogP contribution in [0.5, 0.6) is 5.75 Å². The lowest BCUT2D eigenvalue weighted by molar-refractivity contribution is 0.321. The van der Waals surface area contributed by atoms with Gasteiger partial charge in [-0.2, -0.15) is 0 Å². The first-order valence-corrected chi connectivity index (χ1v) is 6.37. The van der Waals surface area contributed by atoms with Crippen molar-refractivity contribution in [3.8, 4) is 5.75 Å². The highest BCUT2D eigenvalue weighted by molar-refractivity contribution is 7.09. The average molecular weight is 268 g/mol. The first kappa shape index (κ1) is 12.7. The fourth-order valence-electron chi connectivity index (χ4n) is 1.49. The summed E-state index contributed by atoms with van der Waals surface area (Å²) in [7, 11) is 0. The molecule has 0 atom stereocenters. The number of anilines is 1. The number of hydrogen-bond donors (Lipinski definition) is 1. The van der Waals surface area contributed by atoms with Crippen LogP contribution < -0.4 is 10.1 Å². The van der Waals surface area contributed by atoms with Gasteiger partial charge >= 0.3 is 0 Å². The zero-order valence-corrected chi connectivity index (χ0v) is 10.7. The molecule has 0 aliphatic heterocycles. The Morgan fingerprint density at radius 2 is 2.33 bits per heavy atom. The van der Waals surface area contributed by atoms with Crippen LogP contribution in [-0.4, -0.2) is 28.0 Å². The number of nitrogens with one attached hydrogen (secondary N) is 1. The van der Waals surface area contributed by atoms with Crippen molar-refractivity contribution in [3.63, 3.8) is 0 Å². The molecular weight excluding hydrogens is 255 g/mol. The smallest absolute Gasteiger partial charge is 0.225 e. The summed E-state index contributed by atoms with van der Waals surface area (Å²) < 4.78 is 22.3. The van der Waals surface area contributed by atoms with E-state index in [0.29, 0.717) is 30.5 Å². The molecule has 7 heteroatoms. The minimum absolute atomic E-state index is 0.294. The average Bonchev–Trinajstić information content (AvgIpc) is 2.86. The van der Waals surface area contributed by atoms with Crippen LogP contribution >= 0.6 is 11.5 Å². The van der Waals surface area contributed by atoms with Crippen molar-refractivity contribution < 1.29 is 9.13 Å². The van der Waals surface area contributed by atoms with E-state index in [1.54, 1.807) is 6.07 Å². The molecule has 2 rings (SSSR count). The summed E-state index contributed by atoms with van der Waals surface area (Å²) in [5.41, 5.74) is 0.904. The molecule has 96 valence electrons. The number of ether oxygens (including phenoxy) is 1. The Morgan fingerprint density at radius 3 is 3.00 bits per heavy atom. The normalized spacial score (nSPS) is 10.3. The second kappa shape index (κ2) is 6.25. The standard InChI is InChI=1S/C11H13FN4OS/c1-2-17-10-4-3-8(7-9(10)12)5-6-13-11-14-15-16-18-11/h3-4,7H,2,5-6H2,1H3,(H,13,14,16). The highest BCUT2D eigenvalue weighted by atomic mass is 32.1. The Kier molecular flexibility index (Phi) is 4.40. The lowest BCUT2D eigenvalue weighted by Gasteiger charge is -2.07. The van der Waals surface area contributed by atoms with Gasteiger partial charge in [-0.25, -0.2) is 4.39 Å². The monoisotopic (exact) mass is 268 g/mol. The van der Waals surface area contributed by atoms with Crippen LogP contribution in [0.1, 0.15) is 12.5 Å². The molecule has 18 heavy (non-hydrogen) atoms. The number of nitrogens with zero attached hydrogens (tertiary/aromatic N) is 3. The van der Waals surface area contributed by atoms with Gasteiger partial charge in [0, 0.05) is 18.1 Å². The third-order valence-corrected chi connectivity index (χ3v) is 2.84. The third-order valence-electron chi connectivity index (χ3n) is 2.29. The molecule has 5 nitrogen and oxygen atoms in total. The number of hydrogen-bond acceptors (Lipinski definition) is 6. The first-order chi connectivity index (χ1) is 8.79. The van der Waals surface area contributed by atoms with Crippen molar-refractivity contribution in [1.82, 2.24) is 14.8 Å². The molecule has 0 bridgehead atoms. The molecule has 0 amide bonds. The second-order valence-corrected chi connectivity index (χ2v) is 4.27. The zero-order chi connectivity index (χ0) is 12.8. The van der Waals surface area contributed by atoms with Gasteiger partial charge in [0.25, 0.3) is 0 Å². The van der Waals surface area contributed by atoms with Crippen LogP contribution in [0.25, 0.3) is 0 Å². The van der Waals surface area contributed by atoms with Crippen molar-refractivity contribution in [1.29, 1.82) is 0 Å². The van der Waals surface area contributed by atoms with Gasteiger partial charge in [-0.05, 0) is 36.3 Å². The van der Waals surface area contributed by atoms with E-state index in [1.165, 1.54) is 17.6 Å². The summed E-state index contributed by atoms with van der Waals surface area (Å²) in [6, 6.07) is 5.00. The van der Waals surface area contributed by atoms with Crippen molar-refractivity contribution in [2.24, 2.45) is 0 Å². The van der Waals surface area contributed by atoms with Crippen molar-refractivity contribution in [3.05, 3.63) is 29.6 Å². The van der Waals surface area contributed by atoms with Crippen LogP contribution in [0.2, 0.25) is 0 Å². The number of rotatable bonds is 6. The van der Waals surface area contributed by atoms with E-state index in [2.05, 4.69) is 20.1 Å². The van der Waals surface area contributed by atoms with Crippen LogP contribution in [0, 0.1) is 5.82 Å². The van der Waals surface area contributed by atoms with E-state index in [-0.39, 0.29) is 5.82 Å². The Hall–Kier alpha value is -1.76. The van der Waals surface area contributed by atoms with Gasteiger partial charge in [0.05, 0.1) is 6.61 Å². The van der Waals surface area contributed by atoms with E-state index in [0.717, 1.165) is 5.56 Å². The predicted molar refractivity (Wildman–Crippen MR) is 67.5 cm³/mol. The highest BCUT2D eigenvalue weighted by Crippen LogP contribution is 2.18. The molecule has 0 spiro atoms. The largest absolute Gasteiger partial charge is 0.491 e. The third kappa shape index (κ3) is 3.36. The SMILES string of the molecule is CCOc1ccc(CCNc2nnns2)cc1F. The molecule has 0 saturated carbocycles. The van der Waals surface area contributed by atoms with Crippen LogP contribution in [-0.2, 0) is 6.42 Å². The lowest BCUT2D eigenvalue weighted by atomic mass is 10.1. The van der Waals surface area contributed by atoms with Crippen LogP contribution in [0.4, 0.5) is 9.52 Å². The highest BCUT2D eigenvalue weighted by Gasteiger charge is 2.04. The zero-order valence-electron chi connectivity index (χ0n) is 9.89. The second-order valence-electron chi connectivity index (χ2n) is 3.54. The minimum Gasteiger partial charge on any atom is -0.491 e. The topological polar surface area (TPSA) is 59.9 Å². The van der Waals surface area contributed by atoms with Gasteiger partial charge in [0.1, 0.15) is 0 Å². The van der Waals surface area contributed by atoms with E-state index in [4.69, 9.17) is 4.74 Å². The van der Waals surface area contributed by atoms with Gasteiger partial charge in [0.2, 0.25) is 5.13 Å². The molecule has 1 N–H and O–H groups in total. The molecule has 0 fully saturated rings. The number of aromatic nitrogens is 3. The van der Waals surface area contributed by atoms with Crippen LogP contribution in [0.3, 0.4) is 0 Å². The summed E-state index contributed by atoms with van der Waals surface area (Å²) in [4.78, 5) is 0. The summed E-state index contributed by atoms with van der Waals surface area (Å²) in [5.74, 6) is -0.0329. The predicted octanol–water partition coefficient (Wildman–Crippen LogP) is 2.13. The lowest BCUT2D eigenvalue weighted by Crippen LogP contribution is -2.05. The fraction of sp³-hybridized carbons (Fsp3) is 0.364. The molecule has 0 aliphatic rings. The number of benzene rings is 1. The van der Waals surface area contributed by atoms with Crippen molar-refractivity contribution >= 4 is 16.7 Å². The molecule has 1 aromatic carbocycles. The van der Waals surface area contributed by atoms with Crippen molar-refractivity contribution in [2.75, 3.05) is 18.5 Å². The summed E-state index contributed by atoms with van der Waals surface area (Å²) in [5, 5.41) is 11.0. The molecule has 0 saturated heterocycles. The molecule has 0 radical (unpaired) electrons. The Bertz CT molecular complexity index is 492. The van der Waals surface area contributed by atoms with E-state index < -0.39 is 0 Å². The maximum Gasteiger partial charge on any atom is 0.225 e. The number of halogens is 1. The van der Waals surface area contributed by atoms with E-state index in [9.17, 15) is 4.39 Å². The minimum atomic E-state index is -0.327. The fourth-order valence-corrected chi connectivity index (χ4v) is 1.88. The molecule has 0 unspecified atom stereocenters. The summed E-state index contributed by atoms with van der Waals surface area (Å²) >= 11 is 1.19. The summed E-state index contributed by atoms with van der Waals surface area (Å²) in [6.45, 7) is 2.94. The Morgan fingerprint density at radius 1 is 1.44 bits per heavy atom. The van der Waals surface area contributed by atoms with Gasteiger partial charge in [-0.1, -0.05) is 15.7 Å². The Labute approximate surface area is 108 Å². The van der Waals surface area contributed by atoms with Gasteiger partial charge < -0.3 is 10.1 Å². The van der Waals surface area contributed by atoms with Crippen molar-refractivity contribution in [2.45, 2.75) is 13.3 Å². The van der Waals surface area contributed by atoms with E-state index in [1.807, 2.05) is 13.0 Å². The summed E-state index contributed by atoms with van der Waals surface area (Å²) in [6.07, 6.45) is 0.697. The quantitative estimate of drug-likeness (QED) is 0.869. The van der Waals surface area contributed by atoms with Gasteiger partial charge in [0.15, 0.2) is 11.6 Å². The molecule has 0 aliphatic carbocycles. The maximum atomic E-state index is 13.6. The Balaban J connectivity index is 1.88. The molecule has 1 aromatic heterocycles. The molecule has 2 aromatic rings. The van der Waals surface area contributed by atoms with E-state index >= 15 is 0 Å².